The molecule has 3 atom stereocenters. The molecule has 0 spiro atoms. The molecule has 2 aliphatic carbocycles. The fourth-order valence-corrected chi connectivity index (χ4v) is 6.07. The number of nitrogens with two attached hydrogens (primary N) is 1. The van der Waals surface area contributed by atoms with Gasteiger partial charge in [-0.25, -0.2) is 18.8 Å². The number of nitrogens with zero attached hydrogens (tertiary/aromatic N) is 4. The summed E-state index contributed by atoms with van der Waals surface area (Å²) in [6, 6.07) is 1.77. The predicted molar refractivity (Wildman–Crippen MR) is 122 cm³/mol. The maximum absolute atomic E-state index is 13.3. The second kappa shape index (κ2) is 7.86. The van der Waals surface area contributed by atoms with Crippen molar-refractivity contribution < 1.29 is 13.7 Å². The molecule has 0 radical (unpaired) electrons. The third-order valence-electron chi connectivity index (χ3n) is 6.95. The van der Waals surface area contributed by atoms with Gasteiger partial charge in [-0.05, 0) is 74.4 Å². The van der Waals surface area contributed by atoms with Crippen molar-refractivity contribution in [3.05, 3.63) is 34.5 Å². The molecule has 0 fully saturated rings. The lowest BCUT2D eigenvalue weighted by atomic mass is 9.96. The zero-order valence-corrected chi connectivity index (χ0v) is 19.6. The maximum atomic E-state index is 13.3. The maximum Gasteiger partial charge on any atom is 0.354 e. The van der Waals surface area contributed by atoms with E-state index in [1.54, 1.807) is 4.68 Å². The van der Waals surface area contributed by atoms with Gasteiger partial charge in [-0.15, -0.1) is 4.36 Å². The number of aryl methyl sites for hydroxylation is 1. The van der Waals surface area contributed by atoms with Crippen LogP contribution in [0.2, 0.25) is 0 Å². The number of nitrogens with one attached hydrogen (secondary N) is 1. The zero-order valence-electron chi connectivity index (χ0n) is 18.8. The highest BCUT2D eigenvalue weighted by Crippen LogP contribution is 2.43. The van der Waals surface area contributed by atoms with E-state index in [2.05, 4.69) is 27.8 Å². The van der Waals surface area contributed by atoms with Crippen molar-refractivity contribution in [2.45, 2.75) is 62.4 Å². The fraction of sp³-hybridized carbons (Fsp3) is 0.545. The summed E-state index contributed by atoms with van der Waals surface area (Å²) < 4.78 is 24.6. The topological polar surface area (TPSA) is 115 Å². The van der Waals surface area contributed by atoms with Crippen molar-refractivity contribution in [3.8, 4) is 5.88 Å². The molecule has 1 aliphatic heterocycles. The van der Waals surface area contributed by atoms with Crippen LogP contribution < -0.4 is 15.2 Å². The smallest absolute Gasteiger partial charge is 0.354 e. The zero-order chi connectivity index (χ0) is 22.6. The third-order valence-corrected chi connectivity index (χ3v) is 8.30. The van der Waals surface area contributed by atoms with E-state index in [4.69, 9.17) is 9.88 Å². The van der Waals surface area contributed by atoms with E-state index in [0.29, 0.717) is 24.9 Å². The summed E-state index contributed by atoms with van der Waals surface area (Å²) >= 11 is 0. The predicted octanol–water partition coefficient (Wildman–Crippen LogP) is 2.68. The summed E-state index contributed by atoms with van der Waals surface area (Å²) in [5.41, 5.74) is 5.84. The van der Waals surface area contributed by atoms with Gasteiger partial charge in [0.2, 0.25) is 5.88 Å². The number of carbonyl (C=O) groups excluding carboxylic acids is 1. The number of carbonyl (C=O) groups is 1. The van der Waals surface area contributed by atoms with Crippen LogP contribution in [0.1, 0.15) is 47.9 Å². The van der Waals surface area contributed by atoms with Crippen molar-refractivity contribution in [2.75, 3.05) is 26.0 Å². The van der Waals surface area contributed by atoms with Crippen molar-refractivity contribution in [1.29, 1.82) is 0 Å². The minimum Gasteiger partial charge on any atom is -0.475 e. The van der Waals surface area contributed by atoms with Crippen LogP contribution in [0.25, 0.3) is 0 Å². The quantitative estimate of drug-likeness (QED) is 0.734. The van der Waals surface area contributed by atoms with E-state index in [0.717, 1.165) is 37.8 Å². The molecule has 1 aromatic heterocycles. The van der Waals surface area contributed by atoms with Crippen LogP contribution in [-0.4, -0.2) is 51.7 Å². The summed E-state index contributed by atoms with van der Waals surface area (Å²) in [7, 11) is 0.417. The van der Waals surface area contributed by atoms with Crippen LogP contribution in [0.15, 0.2) is 21.5 Å². The van der Waals surface area contributed by atoms with Crippen molar-refractivity contribution in [3.63, 3.8) is 0 Å². The molecule has 0 saturated carbocycles. The molecule has 2 amide bonds. The molecule has 5 rings (SSSR count). The van der Waals surface area contributed by atoms with E-state index >= 15 is 0 Å². The van der Waals surface area contributed by atoms with Crippen molar-refractivity contribution >= 4 is 21.6 Å². The highest BCUT2D eigenvalue weighted by molar-refractivity contribution is 7.91. The Labute approximate surface area is 188 Å². The molecule has 10 heteroatoms. The SMILES string of the molecule is CC1CCc2c1cc1c(c2NC(=O)N=S(N)(=O)c2cnn3c2OCC(N(C)C)C3)CCC1. The molecular weight excluding hydrogens is 428 g/mol. The van der Waals surface area contributed by atoms with Gasteiger partial charge in [0.15, 0.2) is 9.92 Å². The summed E-state index contributed by atoms with van der Waals surface area (Å²) in [6.07, 6.45) is 6.42. The summed E-state index contributed by atoms with van der Waals surface area (Å²) in [6.45, 7) is 3.23. The van der Waals surface area contributed by atoms with Gasteiger partial charge in [0.05, 0.1) is 18.8 Å². The molecule has 3 unspecified atom stereocenters. The number of benzene rings is 1. The Balaban J connectivity index is 1.45. The molecule has 2 heterocycles. The van der Waals surface area contributed by atoms with E-state index in [9.17, 15) is 9.00 Å². The molecule has 1 aromatic carbocycles. The summed E-state index contributed by atoms with van der Waals surface area (Å²) in [5.74, 6) is 0.798. The Morgan fingerprint density at radius 2 is 2.16 bits per heavy atom. The number of hydrogen-bond donors (Lipinski definition) is 2. The van der Waals surface area contributed by atoms with Crippen LogP contribution in [0.4, 0.5) is 10.5 Å². The molecule has 9 nitrogen and oxygen atoms in total. The molecule has 0 saturated heterocycles. The first kappa shape index (κ1) is 21.4. The number of hydrogen-bond acceptors (Lipinski definition) is 5. The Kier molecular flexibility index (Phi) is 5.26. The largest absolute Gasteiger partial charge is 0.475 e. The number of urea groups is 1. The number of amides is 2. The van der Waals surface area contributed by atoms with Crippen LogP contribution in [-0.2, 0) is 35.7 Å². The number of likely N-dealkylation sites (N-methyl/N-ethyl adjacent to an activating group) is 1. The van der Waals surface area contributed by atoms with Gasteiger partial charge >= 0.3 is 6.03 Å². The van der Waals surface area contributed by atoms with E-state index < -0.39 is 15.9 Å². The van der Waals surface area contributed by atoms with Gasteiger partial charge in [-0.2, -0.15) is 5.10 Å². The molecule has 3 aliphatic rings. The summed E-state index contributed by atoms with van der Waals surface area (Å²) in [5, 5.41) is 13.3. The van der Waals surface area contributed by atoms with Gasteiger partial charge in [0.25, 0.3) is 0 Å². The van der Waals surface area contributed by atoms with Crippen LogP contribution in [0.5, 0.6) is 5.88 Å². The number of fused-ring (bicyclic) bond motifs is 3. The summed E-state index contributed by atoms with van der Waals surface area (Å²) in [4.78, 5) is 15.1. The number of ether oxygens (including phenoxy) is 1. The van der Waals surface area contributed by atoms with Gasteiger partial charge in [-0.3, -0.25) is 0 Å². The van der Waals surface area contributed by atoms with Gasteiger partial charge in [0.1, 0.15) is 11.5 Å². The lowest BCUT2D eigenvalue weighted by molar-refractivity contribution is 0.117. The highest BCUT2D eigenvalue weighted by Gasteiger charge is 2.30. The Hall–Kier alpha value is -2.43. The fourth-order valence-electron chi connectivity index (χ4n) is 5.06. The van der Waals surface area contributed by atoms with E-state index in [-0.39, 0.29) is 10.9 Å². The van der Waals surface area contributed by atoms with Crippen LogP contribution in [0, 0.1) is 0 Å². The Morgan fingerprint density at radius 1 is 1.34 bits per heavy atom. The second-order valence-electron chi connectivity index (χ2n) is 9.26. The molecule has 2 aromatic rings. The van der Waals surface area contributed by atoms with Gasteiger partial charge in [0, 0.05) is 5.69 Å². The van der Waals surface area contributed by atoms with Crippen LogP contribution in [0.3, 0.4) is 0 Å². The molecular formula is C22H30N6O3S. The minimum atomic E-state index is -3.51. The monoisotopic (exact) mass is 458 g/mol. The standard InChI is InChI=1S/C22H30N6O3S/c1-13-7-8-17-18(13)9-14-5-4-6-16(14)20(17)25-22(29)26-32(23,30)19-10-24-28-11-15(27(2)3)12-31-21(19)28/h9-10,13,15H,4-8,11-12H2,1-3H3,(H3,23,25,26,29,30). The van der Waals surface area contributed by atoms with Crippen molar-refractivity contribution in [1.82, 2.24) is 14.7 Å². The van der Waals surface area contributed by atoms with Gasteiger partial charge in [-0.1, -0.05) is 13.0 Å². The Bertz CT molecular complexity index is 1210. The average molecular weight is 459 g/mol. The number of rotatable bonds is 3. The highest BCUT2D eigenvalue weighted by atomic mass is 32.2. The minimum absolute atomic E-state index is 0.147. The molecule has 3 N–H and O–H groups in total. The molecule has 32 heavy (non-hydrogen) atoms. The lowest BCUT2D eigenvalue weighted by Gasteiger charge is -2.29. The van der Waals surface area contributed by atoms with Crippen LogP contribution >= 0.6 is 0 Å². The average Bonchev–Trinajstić information content (AvgIpc) is 3.45. The van der Waals surface area contributed by atoms with E-state index in [1.807, 2.05) is 19.0 Å². The van der Waals surface area contributed by atoms with Crippen molar-refractivity contribution in [2.24, 2.45) is 9.50 Å². The number of aromatic nitrogens is 2. The first-order valence-corrected chi connectivity index (χ1v) is 12.7. The first-order valence-electron chi connectivity index (χ1n) is 11.1. The first-order chi connectivity index (χ1) is 15.2. The number of anilines is 1. The third kappa shape index (κ3) is 3.60. The second-order valence-corrected chi connectivity index (χ2v) is 11.0. The Morgan fingerprint density at radius 3 is 2.94 bits per heavy atom. The molecule has 0 bridgehead atoms. The molecule has 172 valence electrons. The lowest BCUT2D eigenvalue weighted by Crippen LogP contribution is -2.41. The van der Waals surface area contributed by atoms with E-state index in [1.165, 1.54) is 28.5 Å². The van der Waals surface area contributed by atoms with Gasteiger partial charge < -0.3 is 15.0 Å². The normalized spacial score (nSPS) is 23.2.